The number of hydrogen-bond acceptors (Lipinski definition) is 6. The molecule has 0 unspecified atom stereocenters. The summed E-state index contributed by atoms with van der Waals surface area (Å²) in [4.78, 5) is 0. The van der Waals surface area contributed by atoms with Crippen LogP contribution in [0.1, 0.15) is 13.8 Å². The van der Waals surface area contributed by atoms with Crippen LogP contribution >= 0.6 is 0 Å². The van der Waals surface area contributed by atoms with Gasteiger partial charge in [-0.1, -0.05) is 13.8 Å². The molecular formula is C4H12CaO7S2. The fourth-order valence-corrected chi connectivity index (χ4v) is 0. The van der Waals surface area contributed by atoms with Gasteiger partial charge < -0.3 is 14.6 Å². The van der Waals surface area contributed by atoms with E-state index in [4.69, 9.17) is 0 Å². The van der Waals surface area contributed by atoms with Gasteiger partial charge in [0.15, 0.2) is 0 Å². The molecule has 2 N–H and O–H groups in total. The molecule has 0 aliphatic carbocycles. The van der Waals surface area contributed by atoms with E-state index >= 15 is 0 Å². The fraction of sp³-hybridized carbons (Fsp3) is 1.00. The Morgan fingerprint density at radius 2 is 0.929 bits per heavy atom. The molecule has 0 saturated heterocycles. The van der Waals surface area contributed by atoms with E-state index in [1.165, 1.54) is 13.8 Å². The monoisotopic (exact) mass is 276 g/mol. The smallest absolute Gasteiger partial charge is 0.748 e. The second-order valence-corrected chi connectivity index (χ2v) is 5.08. The van der Waals surface area contributed by atoms with Crippen molar-refractivity contribution >= 4 is 58.0 Å². The van der Waals surface area contributed by atoms with Crippen LogP contribution in [-0.2, 0) is 20.2 Å². The third kappa shape index (κ3) is 38.1. The summed E-state index contributed by atoms with van der Waals surface area (Å²) in [7, 11) is -7.82. The van der Waals surface area contributed by atoms with Crippen LogP contribution in [0.4, 0.5) is 0 Å². The van der Waals surface area contributed by atoms with Crippen molar-refractivity contribution in [1.82, 2.24) is 0 Å². The molecule has 0 aromatic heterocycles. The van der Waals surface area contributed by atoms with Gasteiger partial charge in [-0.05, 0) is 0 Å². The van der Waals surface area contributed by atoms with Crippen LogP contribution in [0.15, 0.2) is 0 Å². The number of hydrogen-bond donors (Lipinski definition) is 0. The van der Waals surface area contributed by atoms with Crippen molar-refractivity contribution in [2.75, 3.05) is 11.5 Å². The molecule has 0 atom stereocenters. The van der Waals surface area contributed by atoms with Gasteiger partial charge in [-0.25, -0.2) is 16.8 Å². The normalized spacial score (nSPS) is 10.0. The quantitative estimate of drug-likeness (QED) is 0.417. The van der Waals surface area contributed by atoms with Crippen LogP contribution in [-0.4, -0.2) is 80.7 Å². The molecule has 84 valence electrons. The Morgan fingerprint density at radius 3 is 0.929 bits per heavy atom. The zero-order valence-electron chi connectivity index (χ0n) is 7.89. The average molecular weight is 276 g/mol. The minimum absolute atomic E-state index is 0. The fourth-order valence-electron chi connectivity index (χ4n) is 0. The standard InChI is InChI=1S/2C2H6O3S.Ca.H2O/c2*1-2-6(3,4)5;;/h2*2H2,1H3,(H,3,4,5);;1H2/q;;+2;/p-2. The summed E-state index contributed by atoms with van der Waals surface area (Å²) >= 11 is 0. The largest absolute Gasteiger partial charge is 2.00 e. The van der Waals surface area contributed by atoms with Gasteiger partial charge in [-0.2, -0.15) is 0 Å². The summed E-state index contributed by atoms with van der Waals surface area (Å²) in [6.45, 7) is 2.62. The minimum atomic E-state index is -3.91. The Balaban J connectivity index is -0.0000000625. The molecule has 0 spiro atoms. The Bertz CT molecular complexity index is 260. The molecule has 10 heteroatoms. The van der Waals surface area contributed by atoms with Gasteiger partial charge in [0.25, 0.3) is 0 Å². The Kier molecular flexibility index (Phi) is 18.3. The van der Waals surface area contributed by atoms with Crippen molar-refractivity contribution in [1.29, 1.82) is 0 Å². The molecule has 0 amide bonds. The third-order valence-electron chi connectivity index (χ3n) is 0.707. The summed E-state index contributed by atoms with van der Waals surface area (Å²) in [5.41, 5.74) is 0. The van der Waals surface area contributed by atoms with Gasteiger partial charge in [0, 0.05) is 11.5 Å². The minimum Gasteiger partial charge on any atom is -0.748 e. The van der Waals surface area contributed by atoms with E-state index in [9.17, 15) is 25.9 Å². The van der Waals surface area contributed by atoms with Gasteiger partial charge in [0.05, 0.1) is 20.2 Å². The van der Waals surface area contributed by atoms with E-state index in [0.29, 0.717) is 0 Å². The summed E-state index contributed by atoms with van der Waals surface area (Å²) < 4.78 is 56.7. The van der Waals surface area contributed by atoms with Gasteiger partial charge in [-0.15, -0.1) is 0 Å². The maximum atomic E-state index is 9.44. The van der Waals surface area contributed by atoms with Crippen LogP contribution in [0.2, 0.25) is 0 Å². The van der Waals surface area contributed by atoms with Crippen LogP contribution in [0.25, 0.3) is 0 Å². The predicted octanol–water partition coefficient (Wildman–Crippen LogP) is -2.10. The second-order valence-electron chi connectivity index (χ2n) is 1.69. The predicted molar refractivity (Wildman–Crippen MR) is 49.8 cm³/mol. The molecule has 0 fully saturated rings. The summed E-state index contributed by atoms with van der Waals surface area (Å²) in [6.07, 6.45) is 0. The SMILES string of the molecule is CCS(=O)(=O)[O-].CCS(=O)(=O)[O-].O.[Ca+2]. The molecule has 0 bridgehead atoms. The zero-order valence-corrected chi connectivity index (χ0v) is 11.7. The molecule has 0 rings (SSSR count). The summed E-state index contributed by atoms with van der Waals surface area (Å²) in [6, 6.07) is 0. The molecule has 0 radical (unpaired) electrons. The average Bonchev–Trinajstić information content (AvgIpc) is 1.86. The summed E-state index contributed by atoms with van der Waals surface area (Å²) in [5, 5.41) is 0. The Labute approximate surface area is 114 Å². The molecule has 0 saturated carbocycles. The van der Waals surface area contributed by atoms with Crippen molar-refractivity contribution < 1.29 is 31.4 Å². The van der Waals surface area contributed by atoms with E-state index in [0.717, 1.165) is 0 Å². The van der Waals surface area contributed by atoms with Gasteiger partial charge in [-0.3, -0.25) is 0 Å². The van der Waals surface area contributed by atoms with Crippen LogP contribution in [0.5, 0.6) is 0 Å². The van der Waals surface area contributed by atoms with E-state index in [1.54, 1.807) is 0 Å². The van der Waals surface area contributed by atoms with Crippen molar-refractivity contribution in [3.63, 3.8) is 0 Å². The molecular weight excluding hydrogens is 264 g/mol. The third-order valence-corrected chi connectivity index (χ3v) is 2.12. The number of rotatable bonds is 2. The Hall–Kier alpha value is 1.04. The first-order valence-electron chi connectivity index (χ1n) is 2.99. The summed E-state index contributed by atoms with van der Waals surface area (Å²) in [5.74, 6) is -0.625. The maximum absolute atomic E-state index is 9.44. The second kappa shape index (κ2) is 10.6. The van der Waals surface area contributed by atoms with Gasteiger partial charge in [0.2, 0.25) is 0 Å². The van der Waals surface area contributed by atoms with Crippen molar-refractivity contribution in [3.05, 3.63) is 0 Å². The van der Waals surface area contributed by atoms with Crippen LogP contribution in [0.3, 0.4) is 0 Å². The van der Waals surface area contributed by atoms with Crippen molar-refractivity contribution in [3.8, 4) is 0 Å². The van der Waals surface area contributed by atoms with E-state index in [1.807, 2.05) is 0 Å². The molecule has 0 aliphatic heterocycles. The molecule has 0 aromatic rings. The molecule has 7 nitrogen and oxygen atoms in total. The van der Waals surface area contributed by atoms with E-state index in [2.05, 4.69) is 0 Å². The first-order chi connectivity index (χ1) is 5.12. The molecule has 0 heterocycles. The van der Waals surface area contributed by atoms with E-state index in [-0.39, 0.29) is 54.7 Å². The molecule has 14 heavy (non-hydrogen) atoms. The van der Waals surface area contributed by atoms with Crippen molar-refractivity contribution in [2.45, 2.75) is 13.8 Å². The zero-order chi connectivity index (χ0) is 10.4. The van der Waals surface area contributed by atoms with E-state index < -0.39 is 20.2 Å². The Morgan fingerprint density at radius 1 is 0.857 bits per heavy atom. The topological polar surface area (TPSA) is 146 Å². The maximum Gasteiger partial charge on any atom is 2.00 e. The van der Waals surface area contributed by atoms with Gasteiger partial charge >= 0.3 is 37.7 Å². The van der Waals surface area contributed by atoms with Crippen molar-refractivity contribution in [2.24, 2.45) is 0 Å². The van der Waals surface area contributed by atoms with Crippen LogP contribution in [0, 0.1) is 0 Å². The molecule has 0 aromatic carbocycles. The molecule has 0 aliphatic rings. The van der Waals surface area contributed by atoms with Gasteiger partial charge in [0.1, 0.15) is 0 Å². The first-order valence-corrected chi connectivity index (χ1v) is 6.15. The first kappa shape index (κ1) is 24.3. The van der Waals surface area contributed by atoms with Crippen LogP contribution < -0.4 is 0 Å².